The third-order valence-electron chi connectivity index (χ3n) is 3.81. The first kappa shape index (κ1) is 16.6. The third kappa shape index (κ3) is 4.17. The van der Waals surface area contributed by atoms with Crippen LogP contribution in [-0.2, 0) is 9.47 Å². The van der Waals surface area contributed by atoms with Gasteiger partial charge >= 0.3 is 11.9 Å². The van der Waals surface area contributed by atoms with Crippen LogP contribution in [0.15, 0.2) is 60.7 Å². The first-order valence-corrected chi connectivity index (χ1v) is 8.89. The number of carbonyl (C=O) groups excluding carboxylic acids is 2. The van der Waals surface area contributed by atoms with Gasteiger partial charge in [-0.3, -0.25) is 0 Å². The first-order chi connectivity index (χ1) is 11.7. The molecule has 2 aromatic rings. The maximum absolute atomic E-state index is 12.2. The Morgan fingerprint density at radius 2 is 1.50 bits per heavy atom. The van der Waals surface area contributed by atoms with E-state index < -0.39 is 0 Å². The van der Waals surface area contributed by atoms with Crippen molar-refractivity contribution in [2.45, 2.75) is 17.8 Å². The van der Waals surface area contributed by atoms with Crippen LogP contribution in [0.2, 0.25) is 0 Å². The van der Waals surface area contributed by atoms with E-state index in [2.05, 4.69) is 0 Å². The molecule has 0 bridgehead atoms. The number of ether oxygens (including phenoxy) is 2. The lowest BCUT2D eigenvalue weighted by molar-refractivity contribution is 0.0221. The molecule has 4 nitrogen and oxygen atoms in total. The Morgan fingerprint density at radius 1 is 0.917 bits per heavy atom. The predicted octanol–water partition coefficient (Wildman–Crippen LogP) is 3.57. The van der Waals surface area contributed by atoms with Gasteiger partial charge < -0.3 is 9.47 Å². The van der Waals surface area contributed by atoms with Gasteiger partial charge in [-0.2, -0.15) is 11.8 Å². The van der Waals surface area contributed by atoms with Gasteiger partial charge in [-0.1, -0.05) is 36.4 Å². The number of carbonyl (C=O) groups is 2. The van der Waals surface area contributed by atoms with Gasteiger partial charge in [0.2, 0.25) is 0 Å². The molecule has 0 aromatic heterocycles. The van der Waals surface area contributed by atoms with Crippen LogP contribution in [0.5, 0.6) is 0 Å². The lowest BCUT2D eigenvalue weighted by Crippen LogP contribution is -2.29. The zero-order chi connectivity index (χ0) is 16.8. The number of rotatable bonds is 5. The molecule has 1 saturated heterocycles. The van der Waals surface area contributed by atoms with Crippen LogP contribution in [0.3, 0.4) is 0 Å². The van der Waals surface area contributed by atoms with Crippen molar-refractivity contribution >= 4 is 23.7 Å². The van der Waals surface area contributed by atoms with E-state index >= 15 is 0 Å². The van der Waals surface area contributed by atoms with Crippen molar-refractivity contribution in [1.29, 1.82) is 0 Å². The minimum absolute atomic E-state index is 0.0228. The van der Waals surface area contributed by atoms with Gasteiger partial charge in [-0.05, 0) is 36.4 Å². The summed E-state index contributed by atoms with van der Waals surface area (Å²) >= 11 is 1.67. The van der Waals surface area contributed by atoms with Crippen molar-refractivity contribution in [3.63, 3.8) is 0 Å². The molecule has 2 atom stereocenters. The van der Waals surface area contributed by atoms with Crippen LogP contribution in [0.25, 0.3) is 0 Å². The summed E-state index contributed by atoms with van der Waals surface area (Å²) in [5.74, 6) is 0.207. The summed E-state index contributed by atoms with van der Waals surface area (Å²) < 4.78 is 11.0. The molecule has 0 amide bonds. The molecule has 124 valence electrons. The Labute approximate surface area is 145 Å². The summed E-state index contributed by atoms with van der Waals surface area (Å²) in [5.41, 5.74) is 1.06. The minimum Gasteiger partial charge on any atom is -0.461 e. The molecule has 24 heavy (non-hydrogen) atoms. The highest BCUT2D eigenvalue weighted by molar-refractivity contribution is 8.00. The number of benzene rings is 2. The molecule has 1 aliphatic rings. The van der Waals surface area contributed by atoms with Crippen LogP contribution in [0, 0.1) is 0 Å². The van der Waals surface area contributed by atoms with Gasteiger partial charge in [0.1, 0.15) is 12.7 Å². The van der Waals surface area contributed by atoms with Gasteiger partial charge in [0, 0.05) is 0 Å². The molecule has 3 rings (SSSR count). The van der Waals surface area contributed by atoms with Crippen LogP contribution in [0.1, 0.15) is 27.1 Å². The quantitative estimate of drug-likeness (QED) is 0.778. The lowest BCUT2D eigenvalue weighted by Gasteiger charge is -2.19. The third-order valence-corrected chi connectivity index (χ3v) is 5.14. The number of esters is 2. The standard InChI is InChI=1S/C19H18O4S/c20-18(14-7-3-1-4-8-14)22-13-17-16(11-12-24-17)23-19(21)15-9-5-2-6-10-15/h1-10,16-17H,11-13H2/t16-,17-/m1/s1. The molecule has 0 radical (unpaired) electrons. The first-order valence-electron chi connectivity index (χ1n) is 7.84. The summed E-state index contributed by atoms with van der Waals surface area (Å²) in [6.45, 7) is 0.241. The molecule has 1 aliphatic heterocycles. The average Bonchev–Trinajstić information content (AvgIpc) is 3.08. The molecular weight excluding hydrogens is 324 g/mol. The van der Waals surface area contributed by atoms with E-state index in [-0.39, 0.29) is 29.9 Å². The van der Waals surface area contributed by atoms with Crippen molar-refractivity contribution < 1.29 is 19.1 Å². The van der Waals surface area contributed by atoms with Gasteiger partial charge in [-0.25, -0.2) is 9.59 Å². The summed E-state index contributed by atoms with van der Waals surface area (Å²) in [6, 6.07) is 17.8. The van der Waals surface area contributed by atoms with Gasteiger partial charge in [0.25, 0.3) is 0 Å². The number of thioether (sulfide) groups is 1. The van der Waals surface area contributed by atoms with Gasteiger partial charge in [-0.15, -0.1) is 0 Å². The molecule has 1 heterocycles. The van der Waals surface area contributed by atoms with Crippen LogP contribution in [0.4, 0.5) is 0 Å². The Hall–Kier alpha value is -2.27. The van der Waals surface area contributed by atoms with E-state index in [1.54, 1.807) is 60.3 Å². The summed E-state index contributed by atoms with van der Waals surface area (Å²) in [5, 5.41) is -0.0228. The van der Waals surface area contributed by atoms with Crippen molar-refractivity contribution in [2.24, 2.45) is 0 Å². The normalized spacial score (nSPS) is 19.7. The molecule has 0 aliphatic carbocycles. The highest BCUT2D eigenvalue weighted by atomic mass is 32.2. The highest BCUT2D eigenvalue weighted by Gasteiger charge is 2.32. The van der Waals surface area contributed by atoms with Crippen molar-refractivity contribution in [2.75, 3.05) is 12.4 Å². The SMILES string of the molecule is O=C(OC[C@H]1SCC[C@H]1OC(=O)c1ccccc1)c1ccccc1. The largest absolute Gasteiger partial charge is 0.461 e. The Morgan fingerprint density at radius 3 is 2.12 bits per heavy atom. The van der Waals surface area contributed by atoms with E-state index in [1.165, 1.54) is 0 Å². The fourth-order valence-electron chi connectivity index (χ4n) is 2.51. The molecule has 0 N–H and O–H groups in total. The van der Waals surface area contributed by atoms with Crippen molar-refractivity contribution in [3.05, 3.63) is 71.8 Å². The van der Waals surface area contributed by atoms with Gasteiger partial charge in [0.05, 0.1) is 16.4 Å². The topological polar surface area (TPSA) is 52.6 Å². The average molecular weight is 342 g/mol. The van der Waals surface area contributed by atoms with E-state index in [0.29, 0.717) is 11.1 Å². The second kappa shape index (κ2) is 8.02. The molecule has 5 heteroatoms. The monoisotopic (exact) mass is 342 g/mol. The Balaban J connectivity index is 1.54. The van der Waals surface area contributed by atoms with E-state index in [9.17, 15) is 9.59 Å². The highest BCUT2D eigenvalue weighted by Crippen LogP contribution is 2.30. The summed E-state index contributed by atoms with van der Waals surface area (Å²) in [6.07, 6.45) is 0.544. The molecule has 0 spiro atoms. The maximum atomic E-state index is 12.2. The second-order valence-electron chi connectivity index (χ2n) is 5.47. The van der Waals surface area contributed by atoms with Crippen molar-refractivity contribution in [3.8, 4) is 0 Å². The lowest BCUT2D eigenvalue weighted by atomic mass is 10.2. The second-order valence-corrected chi connectivity index (χ2v) is 6.82. The number of hydrogen-bond acceptors (Lipinski definition) is 5. The smallest absolute Gasteiger partial charge is 0.338 e. The number of hydrogen-bond donors (Lipinski definition) is 0. The zero-order valence-corrected chi connectivity index (χ0v) is 13.9. The minimum atomic E-state index is -0.351. The van der Waals surface area contributed by atoms with Crippen LogP contribution < -0.4 is 0 Å². The fraction of sp³-hybridized carbons (Fsp3) is 0.263. The van der Waals surface area contributed by atoms with Crippen LogP contribution in [-0.4, -0.2) is 35.7 Å². The molecule has 0 saturated carbocycles. The summed E-state index contributed by atoms with van der Waals surface area (Å²) in [7, 11) is 0. The molecular formula is C19H18O4S. The van der Waals surface area contributed by atoms with E-state index in [0.717, 1.165) is 12.2 Å². The van der Waals surface area contributed by atoms with Crippen molar-refractivity contribution in [1.82, 2.24) is 0 Å². The van der Waals surface area contributed by atoms with Crippen LogP contribution >= 0.6 is 11.8 Å². The maximum Gasteiger partial charge on any atom is 0.338 e. The van der Waals surface area contributed by atoms with Gasteiger partial charge in [0.15, 0.2) is 0 Å². The fourth-order valence-corrected chi connectivity index (χ4v) is 3.76. The summed E-state index contributed by atoms with van der Waals surface area (Å²) in [4.78, 5) is 24.2. The van der Waals surface area contributed by atoms with E-state index in [4.69, 9.17) is 9.47 Å². The Kier molecular flexibility index (Phi) is 5.54. The molecule has 0 unspecified atom stereocenters. The predicted molar refractivity (Wildman–Crippen MR) is 93.2 cm³/mol. The van der Waals surface area contributed by atoms with E-state index in [1.807, 2.05) is 12.1 Å². The molecule has 1 fully saturated rings. The Bertz CT molecular complexity index is 687. The zero-order valence-electron chi connectivity index (χ0n) is 13.1. The molecule has 2 aromatic carbocycles.